The van der Waals surface area contributed by atoms with Gasteiger partial charge in [0.2, 0.25) is 15.9 Å². The summed E-state index contributed by atoms with van der Waals surface area (Å²) in [7, 11) is -0.948. The third-order valence-corrected chi connectivity index (χ3v) is 4.35. The fourth-order valence-corrected chi connectivity index (χ4v) is 3.09. The number of amides is 1. The molecule has 1 amide bonds. The molecule has 1 aromatic rings. The van der Waals surface area contributed by atoms with Crippen LogP contribution in [-0.2, 0) is 14.8 Å². The first kappa shape index (κ1) is 20.4. The molecule has 0 bridgehead atoms. The zero-order chi connectivity index (χ0) is 18.7. The molecule has 0 spiro atoms. The van der Waals surface area contributed by atoms with Gasteiger partial charge in [-0.1, -0.05) is 11.6 Å². The smallest absolute Gasteiger partial charge is 0.241 e. The Morgan fingerprint density at radius 2 is 1.75 bits per heavy atom. The minimum absolute atomic E-state index is 0.172. The maximum atomic E-state index is 12.2. The van der Waals surface area contributed by atoms with Gasteiger partial charge < -0.3 is 14.8 Å². The Kier molecular flexibility index (Phi) is 6.35. The van der Waals surface area contributed by atoms with E-state index in [0.29, 0.717) is 0 Å². The van der Waals surface area contributed by atoms with Crippen LogP contribution < -0.4 is 19.1 Å². The average molecular weight is 379 g/mol. The van der Waals surface area contributed by atoms with Gasteiger partial charge in [-0.2, -0.15) is 0 Å². The lowest BCUT2D eigenvalue weighted by Gasteiger charge is -2.27. The number of nitrogens with zero attached hydrogens (tertiary/aromatic N) is 1. The third-order valence-electron chi connectivity index (χ3n) is 2.92. The molecular formula is C15H23ClN2O5S. The van der Waals surface area contributed by atoms with Crippen molar-refractivity contribution in [3.8, 4) is 11.5 Å². The standard InChI is InChI=1S/C15H23ClN2O5S/c1-15(2,3)17-14(19)9-18(24(6,20)21)11-8-12(22-4)10(16)7-13(11)23-5/h7-8H,9H2,1-6H3,(H,17,19). The lowest BCUT2D eigenvalue weighted by molar-refractivity contribution is -0.121. The zero-order valence-corrected chi connectivity index (χ0v) is 16.2. The number of carbonyl (C=O) groups excluding carboxylic acids is 1. The molecule has 0 aromatic heterocycles. The topological polar surface area (TPSA) is 84.9 Å². The van der Waals surface area contributed by atoms with Crippen LogP contribution in [0.1, 0.15) is 20.8 Å². The van der Waals surface area contributed by atoms with Gasteiger partial charge in [-0.25, -0.2) is 8.42 Å². The first-order chi connectivity index (χ1) is 10.9. The van der Waals surface area contributed by atoms with E-state index in [1.807, 2.05) is 20.8 Å². The third kappa shape index (κ3) is 5.45. The number of halogens is 1. The fraction of sp³-hybridized carbons (Fsp3) is 0.533. The van der Waals surface area contributed by atoms with Crippen molar-refractivity contribution in [3.63, 3.8) is 0 Å². The van der Waals surface area contributed by atoms with E-state index in [9.17, 15) is 13.2 Å². The molecule has 24 heavy (non-hydrogen) atoms. The van der Waals surface area contributed by atoms with Crippen molar-refractivity contribution in [2.75, 3.05) is 31.3 Å². The predicted octanol–water partition coefficient (Wildman–Crippen LogP) is 2.04. The normalized spacial score (nSPS) is 11.8. The summed E-state index contributed by atoms with van der Waals surface area (Å²) in [6.45, 7) is 5.03. The summed E-state index contributed by atoms with van der Waals surface area (Å²) in [6.07, 6.45) is 1.01. The van der Waals surface area contributed by atoms with Gasteiger partial charge in [0, 0.05) is 17.7 Å². The van der Waals surface area contributed by atoms with Gasteiger partial charge in [0.25, 0.3) is 0 Å². The molecule has 0 saturated heterocycles. The number of benzene rings is 1. The van der Waals surface area contributed by atoms with Crippen LogP contribution in [0, 0.1) is 0 Å². The summed E-state index contributed by atoms with van der Waals surface area (Å²) in [5, 5.41) is 2.99. The maximum absolute atomic E-state index is 12.2. The Morgan fingerprint density at radius 3 is 2.17 bits per heavy atom. The zero-order valence-electron chi connectivity index (χ0n) is 14.6. The quantitative estimate of drug-likeness (QED) is 0.818. The molecule has 1 N–H and O–H groups in total. The summed E-state index contributed by atoms with van der Waals surface area (Å²) in [4.78, 5) is 12.2. The van der Waals surface area contributed by atoms with Crippen LogP contribution >= 0.6 is 11.6 Å². The van der Waals surface area contributed by atoms with Gasteiger partial charge in [-0.05, 0) is 20.8 Å². The number of hydrogen-bond donors (Lipinski definition) is 1. The number of anilines is 1. The summed E-state index contributed by atoms with van der Waals surface area (Å²) < 4.78 is 35.7. The fourth-order valence-electron chi connectivity index (χ4n) is 2.01. The van der Waals surface area contributed by atoms with Crippen LogP contribution in [0.3, 0.4) is 0 Å². The summed E-state index contributed by atoms with van der Waals surface area (Å²) >= 11 is 6.04. The van der Waals surface area contributed by atoms with Crippen LogP contribution in [0.25, 0.3) is 0 Å². The number of carbonyl (C=O) groups is 1. The molecule has 9 heteroatoms. The molecule has 0 fully saturated rings. The molecule has 1 rings (SSSR count). The van der Waals surface area contributed by atoms with Crippen LogP contribution in [0.2, 0.25) is 5.02 Å². The molecule has 0 aliphatic heterocycles. The molecule has 0 heterocycles. The van der Waals surface area contributed by atoms with E-state index in [0.717, 1.165) is 10.6 Å². The van der Waals surface area contributed by atoms with Gasteiger partial charge in [-0.3, -0.25) is 9.10 Å². The van der Waals surface area contributed by atoms with Crippen molar-refractivity contribution in [1.29, 1.82) is 0 Å². The number of nitrogens with one attached hydrogen (secondary N) is 1. The Balaban J connectivity index is 3.35. The van der Waals surface area contributed by atoms with Crippen LogP contribution in [-0.4, -0.2) is 46.9 Å². The second-order valence-corrected chi connectivity index (χ2v) is 8.54. The van der Waals surface area contributed by atoms with Gasteiger partial charge in [-0.15, -0.1) is 0 Å². The Morgan fingerprint density at radius 1 is 1.21 bits per heavy atom. The van der Waals surface area contributed by atoms with E-state index in [-0.39, 0.29) is 22.2 Å². The number of methoxy groups -OCH3 is 2. The van der Waals surface area contributed by atoms with E-state index in [4.69, 9.17) is 21.1 Å². The lowest BCUT2D eigenvalue weighted by atomic mass is 10.1. The number of sulfonamides is 1. The molecule has 0 radical (unpaired) electrons. The second-order valence-electron chi connectivity index (χ2n) is 6.23. The highest BCUT2D eigenvalue weighted by molar-refractivity contribution is 7.92. The summed E-state index contributed by atoms with van der Waals surface area (Å²) in [5.74, 6) is 0.0519. The molecule has 7 nitrogen and oxygen atoms in total. The second kappa shape index (κ2) is 7.48. The highest BCUT2D eigenvalue weighted by atomic mass is 35.5. The van der Waals surface area contributed by atoms with Crippen molar-refractivity contribution < 1.29 is 22.7 Å². The van der Waals surface area contributed by atoms with E-state index in [1.165, 1.54) is 26.4 Å². The molecule has 136 valence electrons. The molecule has 0 aliphatic rings. The number of ether oxygens (including phenoxy) is 2. The Bertz CT molecular complexity index is 713. The minimum atomic E-state index is -3.75. The monoisotopic (exact) mass is 378 g/mol. The first-order valence-corrected chi connectivity index (χ1v) is 9.32. The van der Waals surface area contributed by atoms with Gasteiger partial charge >= 0.3 is 0 Å². The maximum Gasteiger partial charge on any atom is 0.241 e. The highest BCUT2D eigenvalue weighted by Gasteiger charge is 2.27. The van der Waals surface area contributed by atoms with Crippen molar-refractivity contribution >= 4 is 33.2 Å². The SMILES string of the molecule is COc1cc(N(CC(=O)NC(C)(C)C)S(C)(=O)=O)c(OC)cc1Cl. The molecule has 0 aliphatic carbocycles. The van der Waals surface area contributed by atoms with Crippen LogP contribution in [0.5, 0.6) is 11.5 Å². The van der Waals surface area contributed by atoms with Gasteiger partial charge in [0.15, 0.2) is 0 Å². The van der Waals surface area contributed by atoms with Crippen molar-refractivity contribution in [2.24, 2.45) is 0 Å². The lowest BCUT2D eigenvalue weighted by Crippen LogP contribution is -2.47. The molecule has 0 atom stereocenters. The van der Waals surface area contributed by atoms with Crippen LogP contribution in [0.4, 0.5) is 5.69 Å². The average Bonchev–Trinajstić information content (AvgIpc) is 2.41. The van der Waals surface area contributed by atoms with E-state index >= 15 is 0 Å². The summed E-state index contributed by atoms with van der Waals surface area (Å²) in [6, 6.07) is 2.86. The molecule has 0 unspecified atom stereocenters. The van der Waals surface area contributed by atoms with Gasteiger partial charge in [0.05, 0.1) is 31.2 Å². The van der Waals surface area contributed by atoms with Crippen molar-refractivity contribution in [3.05, 3.63) is 17.2 Å². The molecule has 1 aromatic carbocycles. The van der Waals surface area contributed by atoms with E-state index in [2.05, 4.69) is 5.32 Å². The van der Waals surface area contributed by atoms with Crippen molar-refractivity contribution in [1.82, 2.24) is 5.32 Å². The van der Waals surface area contributed by atoms with E-state index < -0.39 is 28.0 Å². The molecule has 0 saturated carbocycles. The molecular weight excluding hydrogens is 356 g/mol. The first-order valence-electron chi connectivity index (χ1n) is 7.09. The van der Waals surface area contributed by atoms with Crippen LogP contribution in [0.15, 0.2) is 12.1 Å². The van der Waals surface area contributed by atoms with Gasteiger partial charge in [0.1, 0.15) is 18.0 Å². The minimum Gasteiger partial charge on any atom is -0.495 e. The number of rotatable bonds is 6. The van der Waals surface area contributed by atoms with Crippen molar-refractivity contribution in [2.45, 2.75) is 26.3 Å². The largest absolute Gasteiger partial charge is 0.495 e. The Labute approximate surface area is 147 Å². The summed E-state index contributed by atoms with van der Waals surface area (Å²) in [5.41, 5.74) is -0.313. The number of hydrogen-bond acceptors (Lipinski definition) is 5. The predicted molar refractivity (Wildman–Crippen MR) is 94.6 cm³/mol. The van der Waals surface area contributed by atoms with E-state index in [1.54, 1.807) is 0 Å². The highest BCUT2D eigenvalue weighted by Crippen LogP contribution is 2.38. The Hall–Kier alpha value is -1.67.